The van der Waals surface area contributed by atoms with Gasteiger partial charge in [-0.1, -0.05) is 12.1 Å². The van der Waals surface area contributed by atoms with Crippen molar-refractivity contribution in [2.45, 2.75) is 18.9 Å². The lowest BCUT2D eigenvalue weighted by molar-refractivity contribution is 0.0696. The zero-order valence-electron chi connectivity index (χ0n) is 8.77. The lowest BCUT2D eigenvalue weighted by Gasteiger charge is -2.02. The normalized spacial score (nSPS) is 14.8. The van der Waals surface area contributed by atoms with Gasteiger partial charge in [-0.3, -0.25) is 4.79 Å². The summed E-state index contributed by atoms with van der Waals surface area (Å²) in [6.07, 6.45) is 2.29. The van der Waals surface area contributed by atoms with Gasteiger partial charge in [-0.25, -0.2) is 4.79 Å². The predicted octanol–water partition coefficient (Wildman–Crippen LogP) is 1.32. The molecule has 0 saturated heterocycles. The topological polar surface area (TPSA) is 66.4 Å². The van der Waals surface area contributed by atoms with Crippen LogP contribution in [-0.2, 0) is 0 Å². The van der Waals surface area contributed by atoms with Crippen LogP contribution in [0.1, 0.15) is 33.6 Å². The summed E-state index contributed by atoms with van der Waals surface area (Å²) in [6.45, 7) is 0.330. The molecule has 4 nitrogen and oxygen atoms in total. The minimum absolute atomic E-state index is 0.00355. The number of hydrogen-bond acceptors (Lipinski definition) is 3. The second-order valence-electron chi connectivity index (χ2n) is 3.96. The first-order valence-corrected chi connectivity index (χ1v) is 5.27. The molecule has 1 aliphatic carbocycles. The molecule has 1 fully saturated rings. The minimum Gasteiger partial charge on any atom is -0.478 e. The molecule has 0 spiro atoms. The number of carbonyl (C=O) groups is 2. The number of rotatable bonds is 5. The van der Waals surface area contributed by atoms with Crippen LogP contribution in [0.25, 0.3) is 0 Å². The van der Waals surface area contributed by atoms with Crippen molar-refractivity contribution in [3.8, 4) is 0 Å². The third-order valence-electron chi connectivity index (χ3n) is 2.58. The maximum atomic E-state index is 11.6. The highest BCUT2D eigenvalue weighted by molar-refractivity contribution is 5.98. The highest BCUT2D eigenvalue weighted by atomic mass is 16.4. The van der Waals surface area contributed by atoms with E-state index in [0.717, 1.165) is 12.8 Å². The zero-order chi connectivity index (χ0) is 11.5. The fourth-order valence-electron chi connectivity index (χ4n) is 1.43. The molecule has 16 heavy (non-hydrogen) atoms. The summed E-state index contributed by atoms with van der Waals surface area (Å²) in [5, 5.41) is 11.8. The Morgan fingerprint density at radius 1 is 1.19 bits per heavy atom. The van der Waals surface area contributed by atoms with E-state index in [9.17, 15) is 9.59 Å². The molecule has 0 amide bonds. The number of carboxylic acid groups (broad SMARTS) is 1. The van der Waals surface area contributed by atoms with Crippen molar-refractivity contribution in [3.63, 3.8) is 0 Å². The van der Waals surface area contributed by atoms with Gasteiger partial charge in [0.05, 0.1) is 12.1 Å². The molecular weight excluding hydrogens is 206 g/mol. The lowest BCUT2D eigenvalue weighted by Crippen LogP contribution is -2.24. The molecule has 0 atom stereocenters. The summed E-state index contributed by atoms with van der Waals surface area (Å²) in [4.78, 5) is 22.3. The Bertz CT molecular complexity index is 407. The molecule has 1 saturated carbocycles. The van der Waals surface area contributed by atoms with Gasteiger partial charge in [-0.15, -0.1) is 0 Å². The Morgan fingerprint density at radius 2 is 1.75 bits per heavy atom. The van der Waals surface area contributed by atoms with Crippen molar-refractivity contribution >= 4 is 11.8 Å². The fourth-order valence-corrected chi connectivity index (χ4v) is 1.43. The molecule has 0 aromatic heterocycles. The quantitative estimate of drug-likeness (QED) is 0.733. The third kappa shape index (κ3) is 2.67. The highest BCUT2D eigenvalue weighted by Crippen LogP contribution is 2.18. The first-order chi connectivity index (χ1) is 7.66. The Balaban J connectivity index is 1.96. The number of aromatic carboxylic acids is 1. The van der Waals surface area contributed by atoms with Crippen molar-refractivity contribution in [2.24, 2.45) is 0 Å². The van der Waals surface area contributed by atoms with Gasteiger partial charge >= 0.3 is 5.97 Å². The second kappa shape index (κ2) is 4.45. The van der Waals surface area contributed by atoms with Crippen molar-refractivity contribution in [2.75, 3.05) is 6.54 Å². The summed E-state index contributed by atoms with van der Waals surface area (Å²) in [6, 6.07) is 6.52. The van der Waals surface area contributed by atoms with Crippen molar-refractivity contribution < 1.29 is 14.7 Å². The smallest absolute Gasteiger partial charge is 0.335 e. The third-order valence-corrected chi connectivity index (χ3v) is 2.58. The average Bonchev–Trinajstić information content (AvgIpc) is 3.10. The van der Waals surface area contributed by atoms with Crippen LogP contribution in [-0.4, -0.2) is 29.4 Å². The molecular formula is C12H13NO3. The van der Waals surface area contributed by atoms with Gasteiger partial charge in [0.1, 0.15) is 0 Å². The summed E-state index contributed by atoms with van der Waals surface area (Å²) < 4.78 is 0. The molecule has 1 aromatic carbocycles. The van der Waals surface area contributed by atoms with Crippen LogP contribution in [0.15, 0.2) is 24.3 Å². The number of benzene rings is 1. The van der Waals surface area contributed by atoms with E-state index in [4.69, 9.17) is 5.11 Å². The number of carbonyl (C=O) groups excluding carboxylic acids is 1. The van der Waals surface area contributed by atoms with Crippen LogP contribution in [0.4, 0.5) is 0 Å². The molecule has 84 valence electrons. The SMILES string of the molecule is O=C(O)c1ccc(C(=O)CNC2CC2)cc1. The molecule has 1 aromatic rings. The van der Waals surface area contributed by atoms with Gasteiger partial charge in [0.2, 0.25) is 0 Å². The van der Waals surface area contributed by atoms with E-state index in [0.29, 0.717) is 18.2 Å². The number of hydrogen-bond donors (Lipinski definition) is 2. The monoisotopic (exact) mass is 219 g/mol. The standard InChI is InChI=1S/C12H13NO3/c14-11(7-13-10-5-6-10)8-1-3-9(4-2-8)12(15)16/h1-4,10,13H,5-7H2,(H,15,16). The molecule has 4 heteroatoms. The minimum atomic E-state index is -0.977. The Morgan fingerprint density at radius 3 is 2.25 bits per heavy atom. The number of nitrogens with one attached hydrogen (secondary N) is 1. The van der Waals surface area contributed by atoms with Gasteiger partial charge in [0.25, 0.3) is 0 Å². The van der Waals surface area contributed by atoms with Crippen LogP contribution < -0.4 is 5.32 Å². The summed E-state index contributed by atoms with van der Waals surface area (Å²) in [7, 11) is 0. The molecule has 0 radical (unpaired) electrons. The van der Waals surface area contributed by atoms with Crippen LogP contribution in [0.3, 0.4) is 0 Å². The number of Topliss-reactive ketones (excluding diaryl/α,β-unsaturated/α-hetero) is 1. The van der Waals surface area contributed by atoms with Gasteiger partial charge in [-0.2, -0.15) is 0 Å². The van der Waals surface area contributed by atoms with E-state index in [-0.39, 0.29) is 11.3 Å². The molecule has 1 aliphatic rings. The van der Waals surface area contributed by atoms with Gasteiger partial charge < -0.3 is 10.4 Å². The molecule has 0 unspecified atom stereocenters. The Hall–Kier alpha value is -1.68. The molecule has 0 heterocycles. The second-order valence-corrected chi connectivity index (χ2v) is 3.96. The van der Waals surface area contributed by atoms with Crippen LogP contribution >= 0.6 is 0 Å². The zero-order valence-corrected chi connectivity index (χ0v) is 8.77. The Labute approximate surface area is 93.3 Å². The van der Waals surface area contributed by atoms with Gasteiger partial charge in [0.15, 0.2) is 5.78 Å². The van der Waals surface area contributed by atoms with Gasteiger partial charge in [-0.05, 0) is 25.0 Å². The lowest BCUT2D eigenvalue weighted by atomic mass is 10.1. The van der Waals surface area contributed by atoms with E-state index in [2.05, 4.69) is 5.32 Å². The van der Waals surface area contributed by atoms with Crippen LogP contribution in [0.5, 0.6) is 0 Å². The molecule has 0 aliphatic heterocycles. The van der Waals surface area contributed by atoms with Crippen LogP contribution in [0.2, 0.25) is 0 Å². The molecule has 2 rings (SSSR count). The summed E-state index contributed by atoms with van der Waals surface area (Å²) in [5.74, 6) is -0.973. The first kappa shape index (κ1) is 10.8. The van der Waals surface area contributed by atoms with Crippen LogP contribution in [0, 0.1) is 0 Å². The number of ketones is 1. The maximum Gasteiger partial charge on any atom is 0.335 e. The predicted molar refractivity (Wildman–Crippen MR) is 58.8 cm³/mol. The highest BCUT2D eigenvalue weighted by Gasteiger charge is 2.21. The van der Waals surface area contributed by atoms with E-state index in [1.165, 1.54) is 12.1 Å². The largest absolute Gasteiger partial charge is 0.478 e. The van der Waals surface area contributed by atoms with Crippen molar-refractivity contribution in [1.29, 1.82) is 0 Å². The number of carboxylic acids is 1. The molecule has 2 N–H and O–H groups in total. The van der Waals surface area contributed by atoms with Gasteiger partial charge in [0, 0.05) is 11.6 Å². The van der Waals surface area contributed by atoms with E-state index in [1.54, 1.807) is 12.1 Å². The first-order valence-electron chi connectivity index (χ1n) is 5.27. The molecule has 0 bridgehead atoms. The summed E-state index contributed by atoms with van der Waals surface area (Å²) >= 11 is 0. The van der Waals surface area contributed by atoms with E-state index in [1.807, 2.05) is 0 Å². The van der Waals surface area contributed by atoms with Crippen molar-refractivity contribution in [3.05, 3.63) is 35.4 Å². The van der Waals surface area contributed by atoms with Crippen molar-refractivity contribution in [1.82, 2.24) is 5.32 Å². The summed E-state index contributed by atoms with van der Waals surface area (Å²) in [5.41, 5.74) is 0.754. The maximum absolute atomic E-state index is 11.6. The van der Waals surface area contributed by atoms with E-state index < -0.39 is 5.97 Å². The van der Waals surface area contributed by atoms with E-state index >= 15 is 0 Å². The average molecular weight is 219 g/mol. The fraction of sp³-hybridized carbons (Fsp3) is 0.333. The Kier molecular flexibility index (Phi) is 3.01.